The summed E-state index contributed by atoms with van der Waals surface area (Å²) >= 11 is 10.6. The molecule has 1 aromatic carbocycles. The van der Waals surface area contributed by atoms with E-state index in [9.17, 15) is 4.79 Å². The molecule has 0 spiro atoms. The summed E-state index contributed by atoms with van der Waals surface area (Å²) in [5.41, 5.74) is 2.03. The van der Waals surface area contributed by atoms with E-state index in [2.05, 4.69) is 39.2 Å². The molecule has 124 valence electrons. The van der Waals surface area contributed by atoms with E-state index in [0.717, 1.165) is 22.3 Å². The maximum absolute atomic E-state index is 11.8. The minimum Gasteiger partial charge on any atom is -0.492 e. The Balaban J connectivity index is 1.71. The first-order valence-electron chi connectivity index (χ1n) is 7.33. The number of alkyl halides is 1. The fourth-order valence-corrected chi connectivity index (χ4v) is 3.40. The minimum atomic E-state index is -0.0653. The molecular weight excluding hydrogens is 400 g/mol. The quantitative estimate of drug-likeness (QED) is 0.485. The number of anilines is 1. The maximum Gasteiger partial charge on any atom is 0.226 e. The first kappa shape index (κ1) is 18.2. The van der Waals surface area contributed by atoms with Crippen molar-refractivity contribution in [1.29, 1.82) is 0 Å². The monoisotopic (exact) mass is 416 g/mol. The molecule has 0 saturated carbocycles. The van der Waals surface area contributed by atoms with E-state index < -0.39 is 0 Å². The average molecular weight is 418 g/mol. The second kappa shape index (κ2) is 9.25. The van der Waals surface area contributed by atoms with Crippen molar-refractivity contribution in [3.63, 3.8) is 0 Å². The highest BCUT2D eigenvalue weighted by Gasteiger charge is 2.07. The Morgan fingerprint density at radius 1 is 1.48 bits per heavy atom. The molecule has 7 heteroatoms. The zero-order valence-corrected chi connectivity index (χ0v) is 15.9. The van der Waals surface area contributed by atoms with Crippen LogP contribution < -0.4 is 10.1 Å². The molecule has 4 nitrogen and oxygen atoms in total. The lowest BCUT2D eigenvalue weighted by atomic mass is 10.2. The standard InChI is InChI=1S/C16H18BrClN2O2S/c1-2-11-5-6-14(13(17)8-11)22-7-3-4-15(21)20-16-19-12(9-18)10-23-16/h5-6,8,10H,2-4,7,9H2,1H3,(H,19,20,21). The number of aromatic nitrogens is 1. The van der Waals surface area contributed by atoms with E-state index in [0.29, 0.717) is 30.5 Å². The lowest BCUT2D eigenvalue weighted by molar-refractivity contribution is -0.116. The summed E-state index contributed by atoms with van der Waals surface area (Å²) in [6.45, 7) is 2.60. The number of aryl methyl sites for hydroxylation is 1. The second-order valence-electron chi connectivity index (χ2n) is 4.90. The van der Waals surface area contributed by atoms with Crippen molar-refractivity contribution in [3.8, 4) is 5.75 Å². The van der Waals surface area contributed by atoms with Crippen molar-refractivity contribution >= 4 is 49.9 Å². The smallest absolute Gasteiger partial charge is 0.226 e. The van der Waals surface area contributed by atoms with Crippen molar-refractivity contribution in [2.24, 2.45) is 0 Å². The van der Waals surface area contributed by atoms with E-state index in [1.165, 1.54) is 16.9 Å². The molecule has 0 saturated heterocycles. The second-order valence-corrected chi connectivity index (χ2v) is 6.88. The van der Waals surface area contributed by atoms with Crippen LogP contribution in [0, 0.1) is 0 Å². The Hall–Kier alpha value is -1.11. The van der Waals surface area contributed by atoms with Gasteiger partial charge in [0.1, 0.15) is 5.75 Å². The van der Waals surface area contributed by atoms with Gasteiger partial charge in [-0.25, -0.2) is 4.98 Å². The van der Waals surface area contributed by atoms with Crippen LogP contribution in [0.15, 0.2) is 28.1 Å². The Morgan fingerprint density at radius 2 is 2.30 bits per heavy atom. The number of nitrogens with zero attached hydrogens (tertiary/aromatic N) is 1. The molecule has 0 aliphatic rings. The van der Waals surface area contributed by atoms with Gasteiger partial charge in [0.2, 0.25) is 5.91 Å². The topological polar surface area (TPSA) is 51.2 Å². The molecule has 2 aromatic rings. The van der Waals surface area contributed by atoms with E-state index in [4.69, 9.17) is 16.3 Å². The molecule has 0 bridgehead atoms. The predicted octanol–water partition coefficient (Wildman–Crippen LogP) is 5.00. The molecular formula is C16H18BrClN2O2S. The lowest BCUT2D eigenvalue weighted by Gasteiger charge is -2.09. The number of carbonyl (C=O) groups excluding carboxylic acids is 1. The molecule has 1 heterocycles. The number of rotatable bonds is 8. The molecule has 0 atom stereocenters. The Labute approximate surface area is 153 Å². The van der Waals surface area contributed by atoms with Gasteiger partial charge in [-0.2, -0.15) is 0 Å². The van der Waals surface area contributed by atoms with Crippen LogP contribution in [0.3, 0.4) is 0 Å². The number of hydrogen-bond donors (Lipinski definition) is 1. The predicted molar refractivity (Wildman–Crippen MR) is 98.5 cm³/mol. The number of nitrogens with one attached hydrogen (secondary N) is 1. The fourth-order valence-electron chi connectivity index (χ4n) is 1.90. The summed E-state index contributed by atoms with van der Waals surface area (Å²) in [5.74, 6) is 1.09. The van der Waals surface area contributed by atoms with E-state index in [1.807, 2.05) is 17.5 Å². The van der Waals surface area contributed by atoms with Crippen molar-refractivity contribution in [3.05, 3.63) is 39.3 Å². The third-order valence-corrected chi connectivity index (χ3v) is 4.85. The Bertz CT molecular complexity index is 663. The van der Waals surface area contributed by atoms with Gasteiger partial charge >= 0.3 is 0 Å². The Morgan fingerprint density at radius 3 is 2.96 bits per heavy atom. The van der Waals surface area contributed by atoms with Gasteiger partial charge in [-0.15, -0.1) is 22.9 Å². The molecule has 1 amide bonds. The number of carbonyl (C=O) groups is 1. The van der Waals surface area contributed by atoms with Crippen LogP contribution in [0.25, 0.3) is 0 Å². The van der Waals surface area contributed by atoms with E-state index in [-0.39, 0.29) is 5.91 Å². The molecule has 0 radical (unpaired) electrons. The first-order valence-corrected chi connectivity index (χ1v) is 9.54. The van der Waals surface area contributed by atoms with Crippen molar-refractivity contribution in [2.75, 3.05) is 11.9 Å². The molecule has 23 heavy (non-hydrogen) atoms. The summed E-state index contributed by atoms with van der Waals surface area (Å²) in [7, 11) is 0. The van der Waals surface area contributed by atoms with Crippen LogP contribution in [-0.4, -0.2) is 17.5 Å². The minimum absolute atomic E-state index is 0.0653. The van der Waals surface area contributed by atoms with Crippen LogP contribution in [0.4, 0.5) is 5.13 Å². The average Bonchev–Trinajstić information content (AvgIpc) is 3.00. The molecule has 0 fully saturated rings. The maximum atomic E-state index is 11.8. The van der Waals surface area contributed by atoms with Crippen LogP contribution in [0.5, 0.6) is 5.75 Å². The summed E-state index contributed by atoms with van der Waals surface area (Å²) in [6.07, 6.45) is 2.02. The Kier molecular flexibility index (Phi) is 7.33. The lowest BCUT2D eigenvalue weighted by Crippen LogP contribution is -2.12. The molecule has 0 aliphatic carbocycles. The number of hydrogen-bond acceptors (Lipinski definition) is 4. The number of amides is 1. The molecule has 0 unspecified atom stereocenters. The van der Waals surface area contributed by atoms with Gasteiger partial charge < -0.3 is 10.1 Å². The van der Waals surface area contributed by atoms with Gasteiger partial charge in [0.25, 0.3) is 0 Å². The molecule has 1 N–H and O–H groups in total. The summed E-state index contributed by atoms with van der Waals surface area (Å²) in [5, 5.41) is 5.19. The highest BCUT2D eigenvalue weighted by molar-refractivity contribution is 9.10. The highest BCUT2D eigenvalue weighted by atomic mass is 79.9. The summed E-state index contributed by atoms with van der Waals surface area (Å²) < 4.78 is 6.64. The van der Waals surface area contributed by atoms with Crippen molar-refractivity contribution in [1.82, 2.24) is 4.98 Å². The van der Waals surface area contributed by atoms with Crippen LogP contribution >= 0.6 is 38.9 Å². The number of thiazole rings is 1. The summed E-state index contributed by atoms with van der Waals surface area (Å²) in [4.78, 5) is 16.0. The van der Waals surface area contributed by atoms with Gasteiger partial charge in [0, 0.05) is 11.8 Å². The highest BCUT2D eigenvalue weighted by Crippen LogP contribution is 2.26. The van der Waals surface area contributed by atoms with Gasteiger partial charge in [-0.1, -0.05) is 13.0 Å². The van der Waals surface area contributed by atoms with Gasteiger partial charge in [0.05, 0.1) is 22.7 Å². The van der Waals surface area contributed by atoms with Gasteiger partial charge in [-0.05, 0) is 46.5 Å². The third-order valence-electron chi connectivity index (χ3n) is 3.15. The zero-order chi connectivity index (χ0) is 16.7. The summed E-state index contributed by atoms with van der Waals surface area (Å²) in [6, 6.07) is 6.05. The van der Waals surface area contributed by atoms with Crippen LogP contribution in [-0.2, 0) is 17.1 Å². The number of ether oxygens (including phenoxy) is 1. The van der Waals surface area contributed by atoms with E-state index in [1.54, 1.807) is 0 Å². The third kappa shape index (κ3) is 5.79. The largest absolute Gasteiger partial charge is 0.492 e. The SMILES string of the molecule is CCc1ccc(OCCCC(=O)Nc2nc(CCl)cs2)c(Br)c1. The number of halogens is 2. The van der Waals surface area contributed by atoms with E-state index >= 15 is 0 Å². The van der Waals surface area contributed by atoms with Crippen molar-refractivity contribution in [2.45, 2.75) is 32.1 Å². The van der Waals surface area contributed by atoms with Crippen LogP contribution in [0.2, 0.25) is 0 Å². The zero-order valence-electron chi connectivity index (χ0n) is 12.8. The van der Waals surface area contributed by atoms with Gasteiger partial charge in [0.15, 0.2) is 5.13 Å². The molecule has 0 aliphatic heterocycles. The molecule has 1 aromatic heterocycles. The van der Waals surface area contributed by atoms with Crippen LogP contribution in [0.1, 0.15) is 31.0 Å². The van der Waals surface area contributed by atoms with Gasteiger partial charge in [-0.3, -0.25) is 4.79 Å². The normalized spacial score (nSPS) is 10.6. The molecule has 2 rings (SSSR count). The fraction of sp³-hybridized carbons (Fsp3) is 0.375. The first-order chi connectivity index (χ1) is 11.1. The number of benzene rings is 1. The van der Waals surface area contributed by atoms with Crippen molar-refractivity contribution < 1.29 is 9.53 Å².